The second-order valence-corrected chi connectivity index (χ2v) is 8.88. The molecule has 2 aliphatic rings. The van der Waals surface area contributed by atoms with E-state index in [0.717, 1.165) is 28.2 Å². The molecule has 36 heavy (non-hydrogen) atoms. The maximum absolute atomic E-state index is 14.0. The van der Waals surface area contributed by atoms with E-state index in [-0.39, 0.29) is 5.69 Å². The number of hydrogen-bond acceptors (Lipinski definition) is 3. The first-order valence-corrected chi connectivity index (χ1v) is 11.5. The van der Waals surface area contributed by atoms with Crippen molar-refractivity contribution in [1.29, 1.82) is 5.26 Å². The molecule has 0 saturated carbocycles. The van der Waals surface area contributed by atoms with Gasteiger partial charge in [0.25, 0.3) is 0 Å². The third kappa shape index (κ3) is 4.35. The first-order valence-electron chi connectivity index (χ1n) is 11.5. The van der Waals surface area contributed by atoms with Crippen LogP contribution in [0, 0.1) is 11.3 Å². The molecular formula is C27H25F3N4O2. The zero-order valence-electron chi connectivity index (χ0n) is 20.1. The number of halogens is 3. The van der Waals surface area contributed by atoms with Crippen molar-refractivity contribution in [2.24, 2.45) is 0 Å². The van der Waals surface area contributed by atoms with Crippen molar-refractivity contribution in [3.63, 3.8) is 0 Å². The molecule has 0 fully saturated rings. The van der Waals surface area contributed by atoms with Gasteiger partial charge in [-0.1, -0.05) is 24.3 Å². The lowest BCUT2D eigenvalue weighted by molar-refractivity contribution is -0.137. The lowest BCUT2D eigenvalue weighted by Gasteiger charge is -2.46. The minimum Gasteiger partial charge on any atom is -0.330 e. The average Bonchev–Trinajstić information content (AvgIpc) is 2.86. The van der Waals surface area contributed by atoms with Gasteiger partial charge >= 0.3 is 18.2 Å². The zero-order valence-corrected chi connectivity index (χ0v) is 20.1. The summed E-state index contributed by atoms with van der Waals surface area (Å²) in [6.07, 6.45) is -0.786. The highest BCUT2D eigenvalue weighted by molar-refractivity contribution is 6.06. The van der Waals surface area contributed by atoms with Crippen molar-refractivity contribution in [3.05, 3.63) is 88.1 Å². The summed E-state index contributed by atoms with van der Waals surface area (Å²) in [5, 5.41) is 9.22. The van der Waals surface area contributed by atoms with Crippen LogP contribution in [0.15, 0.2) is 71.5 Å². The number of hydrogen-bond donors (Lipinski definition) is 0. The molecule has 4 rings (SSSR count). The van der Waals surface area contributed by atoms with E-state index >= 15 is 0 Å². The molecule has 2 aromatic carbocycles. The highest BCUT2D eigenvalue weighted by Gasteiger charge is 2.46. The number of imide groups is 1. The Morgan fingerprint density at radius 3 is 2.42 bits per heavy atom. The van der Waals surface area contributed by atoms with Gasteiger partial charge in [-0.3, -0.25) is 4.90 Å². The summed E-state index contributed by atoms with van der Waals surface area (Å²) in [6.45, 7) is 1.87. The Labute approximate surface area is 207 Å². The van der Waals surface area contributed by atoms with Crippen LogP contribution in [0.5, 0.6) is 0 Å². The molecular weight excluding hydrogens is 469 g/mol. The summed E-state index contributed by atoms with van der Waals surface area (Å²) in [6, 6.07) is 11.2. The van der Waals surface area contributed by atoms with E-state index < -0.39 is 29.8 Å². The lowest BCUT2D eigenvalue weighted by Crippen LogP contribution is -2.55. The van der Waals surface area contributed by atoms with Crippen molar-refractivity contribution < 1.29 is 22.8 Å². The number of allylic oxidation sites excluding steroid dienone is 2. The van der Waals surface area contributed by atoms with Gasteiger partial charge in [0.05, 0.1) is 28.9 Å². The topological polar surface area (TPSA) is 67.6 Å². The number of carbonyl (C=O) groups is 2. The number of carbonyl (C=O) groups excluding carboxylic acids is 2. The molecule has 1 aliphatic carbocycles. The molecule has 2 aromatic rings. The first kappa shape index (κ1) is 25.0. The molecule has 1 atom stereocenters. The van der Waals surface area contributed by atoms with Crippen LogP contribution >= 0.6 is 0 Å². The molecule has 1 unspecified atom stereocenters. The van der Waals surface area contributed by atoms with E-state index in [9.17, 15) is 28.0 Å². The second-order valence-electron chi connectivity index (χ2n) is 8.88. The number of rotatable bonds is 2. The molecule has 0 radical (unpaired) electrons. The van der Waals surface area contributed by atoms with Crippen LogP contribution in [-0.4, -0.2) is 36.0 Å². The van der Waals surface area contributed by atoms with Gasteiger partial charge in [0.15, 0.2) is 0 Å². The van der Waals surface area contributed by atoms with Crippen LogP contribution in [-0.2, 0) is 6.18 Å². The number of anilines is 1. The van der Waals surface area contributed by atoms with Gasteiger partial charge in [-0.25, -0.2) is 14.5 Å². The minimum atomic E-state index is -4.59. The van der Waals surface area contributed by atoms with Crippen LogP contribution in [0.4, 0.5) is 28.4 Å². The number of amides is 4. The third-order valence-corrected chi connectivity index (χ3v) is 6.44. The average molecular weight is 495 g/mol. The van der Waals surface area contributed by atoms with Crippen molar-refractivity contribution in [2.75, 3.05) is 19.0 Å². The van der Waals surface area contributed by atoms with E-state index in [2.05, 4.69) is 6.07 Å². The lowest BCUT2D eigenvalue weighted by atomic mass is 9.80. The summed E-state index contributed by atoms with van der Waals surface area (Å²) >= 11 is 0. The monoisotopic (exact) mass is 494 g/mol. The minimum absolute atomic E-state index is 0.0505. The van der Waals surface area contributed by atoms with Crippen molar-refractivity contribution >= 4 is 17.7 Å². The Morgan fingerprint density at radius 1 is 1.14 bits per heavy atom. The molecule has 0 bridgehead atoms. The predicted octanol–water partition coefficient (Wildman–Crippen LogP) is 6.63. The van der Waals surface area contributed by atoms with Gasteiger partial charge in [0.2, 0.25) is 0 Å². The molecule has 4 amide bonds. The fourth-order valence-electron chi connectivity index (χ4n) is 4.78. The standard InChI is InChI=1S/C27H25F3N4O2/c1-4-18-7-5-10-22-23(18)24(19-13-11-17(16-31)12-14-19)34(25(35)32(2)3)26(36)33(22)21-9-6-8-20(15-21)27(28,29)30/h4,6,8-9,11-15,24H,5,7,10H2,1-3H3. The summed E-state index contributed by atoms with van der Waals surface area (Å²) in [5.74, 6) is 0. The smallest absolute Gasteiger partial charge is 0.330 e. The third-order valence-electron chi connectivity index (χ3n) is 6.44. The van der Waals surface area contributed by atoms with Crippen LogP contribution in [0.3, 0.4) is 0 Å². The molecule has 1 aliphatic heterocycles. The maximum Gasteiger partial charge on any atom is 0.416 e. The second kappa shape index (κ2) is 9.53. The highest BCUT2D eigenvalue weighted by atomic mass is 19.4. The highest BCUT2D eigenvalue weighted by Crippen LogP contribution is 2.48. The van der Waals surface area contributed by atoms with Crippen LogP contribution in [0.25, 0.3) is 0 Å². The van der Waals surface area contributed by atoms with Gasteiger partial charge in [-0.15, -0.1) is 0 Å². The summed E-state index contributed by atoms with van der Waals surface area (Å²) in [4.78, 5) is 31.0. The first-order chi connectivity index (χ1) is 17.1. The summed E-state index contributed by atoms with van der Waals surface area (Å²) < 4.78 is 40.6. The van der Waals surface area contributed by atoms with E-state index in [1.165, 1.54) is 36.0 Å². The van der Waals surface area contributed by atoms with E-state index in [4.69, 9.17) is 0 Å². The maximum atomic E-state index is 14.0. The molecule has 0 N–H and O–H groups in total. The Kier molecular flexibility index (Phi) is 6.63. The number of nitriles is 1. The largest absolute Gasteiger partial charge is 0.416 e. The Bertz CT molecular complexity index is 1300. The Hall–Kier alpha value is -4.06. The molecule has 186 valence electrons. The molecule has 1 heterocycles. The Morgan fingerprint density at radius 2 is 1.83 bits per heavy atom. The summed E-state index contributed by atoms with van der Waals surface area (Å²) in [7, 11) is 3.03. The van der Waals surface area contributed by atoms with Crippen LogP contribution < -0.4 is 4.90 Å². The van der Waals surface area contributed by atoms with Gasteiger partial charge in [0, 0.05) is 25.4 Å². The van der Waals surface area contributed by atoms with E-state index in [1.54, 1.807) is 24.3 Å². The van der Waals surface area contributed by atoms with E-state index in [1.807, 2.05) is 13.0 Å². The van der Waals surface area contributed by atoms with Crippen LogP contribution in [0.2, 0.25) is 0 Å². The number of alkyl halides is 3. The quantitative estimate of drug-likeness (QED) is 0.471. The normalized spacial score (nSPS) is 19.3. The van der Waals surface area contributed by atoms with Gasteiger partial charge in [-0.2, -0.15) is 18.4 Å². The van der Waals surface area contributed by atoms with Crippen molar-refractivity contribution in [1.82, 2.24) is 9.80 Å². The number of nitrogens with zero attached hydrogens (tertiary/aromatic N) is 4. The van der Waals surface area contributed by atoms with E-state index in [0.29, 0.717) is 36.1 Å². The van der Waals surface area contributed by atoms with Crippen molar-refractivity contribution in [2.45, 2.75) is 38.4 Å². The van der Waals surface area contributed by atoms with Gasteiger partial charge in [-0.05, 0) is 67.7 Å². The SMILES string of the molecule is CC=C1CCCC2=C1C(c1ccc(C#N)cc1)N(C(=O)N(C)C)C(=O)N2c1cccc(C(F)(F)F)c1. The van der Waals surface area contributed by atoms with Crippen LogP contribution in [0.1, 0.15) is 48.9 Å². The van der Waals surface area contributed by atoms with Gasteiger partial charge < -0.3 is 4.90 Å². The Balaban J connectivity index is 2.01. The number of urea groups is 2. The van der Waals surface area contributed by atoms with Crippen molar-refractivity contribution in [3.8, 4) is 6.07 Å². The fourth-order valence-corrected chi connectivity index (χ4v) is 4.78. The molecule has 0 aromatic heterocycles. The number of benzene rings is 2. The molecule has 6 nitrogen and oxygen atoms in total. The summed E-state index contributed by atoms with van der Waals surface area (Å²) in [5.41, 5.74) is 2.46. The van der Waals surface area contributed by atoms with Gasteiger partial charge in [0.1, 0.15) is 0 Å². The fraction of sp³-hybridized carbons (Fsp3) is 0.296. The molecule has 0 spiro atoms. The molecule has 0 saturated heterocycles. The predicted molar refractivity (Wildman–Crippen MR) is 129 cm³/mol. The zero-order chi connectivity index (χ0) is 26.2. The molecule has 9 heteroatoms.